The number of aliphatic hydroxyl groups is 1. The Morgan fingerprint density at radius 3 is 2.60 bits per heavy atom. The molecule has 20 heavy (non-hydrogen) atoms. The van der Waals surface area contributed by atoms with Crippen molar-refractivity contribution in [2.75, 3.05) is 6.54 Å². The van der Waals surface area contributed by atoms with Crippen molar-refractivity contribution in [3.8, 4) is 0 Å². The summed E-state index contributed by atoms with van der Waals surface area (Å²) in [6.07, 6.45) is 6.15. The Labute approximate surface area is 121 Å². The quantitative estimate of drug-likeness (QED) is 0.582. The van der Waals surface area contributed by atoms with Crippen LogP contribution in [-0.4, -0.2) is 23.7 Å². The summed E-state index contributed by atoms with van der Waals surface area (Å²) >= 11 is 0. The minimum atomic E-state index is -0.986. The first kappa shape index (κ1) is 14.9. The Balaban J connectivity index is 1.90. The van der Waals surface area contributed by atoms with Gasteiger partial charge in [-0.3, -0.25) is 4.99 Å². The van der Waals surface area contributed by atoms with Crippen molar-refractivity contribution in [1.29, 1.82) is 0 Å². The van der Waals surface area contributed by atoms with E-state index < -0.39 is 5.60 Å². The monoisotopic (exact) mass is 275 g/mol. The summed E-state index contributed by atoms with van der Waals surface area (Å²) in [4.78, 5) is 4.30. The topological polar surface area (TPSA) is 70.6 Å². The Morgan fingerprint density at radius 1 is 1.30 bits per heavy atom. The van der Waals surface area contributed by atoms with E-state index in [9.17, 15) is 5.11 Å². The SMILES string of the molecule is CC(O)(CN=C(N)NC1CCCCC1)c1ccccc1. The second-order valence-corrected chi connectivity index (χ2v) is 5.82. The van der Waals surface area contributed by atoms with Crippen LogP contribution in [-0.2, 0) is 5.60 Å². The van der Waals surface area contributed by atoms with Gasteiger partial charge in [0.15, 0.2) is 5.96 Å². The first-order valence-electron chi connectivity index (χ1n) is 7.42. The van der Waals surface area contributed by atoms with Crippen molar-refractivity contribution in [3.63, 3.8) is 0 Å². The summed E-state index contributed by atoms with van der Waals surface area (Å²) in [5.41, 5.74) is 5.79. The van der Waals surface area contributed by atoms with Gasteiger partial charge in [-0.15, -0.1) is 0 Å². The number of nitrogens with zero attached hydrogens (tertiary/aromatic N) is 1. The molecule has 4 N–H and O–H groups in total. The summed E-state index contributed by atoms with van der Waals surface area (Å²) in [6.45, 7) is 2.03. The number of nitrogens with one attached hydrogen (secondary N) is 1. The molecular formula is C16H25N3O. The molecule has 1 aromatic rings. The highest BCUT2D eigenvalue weighted by molar-refractivity contribution is 5.78. The van der Waals surface area contributed by atoms with E-state index in [1.165, 1.54) is 19.3 Å². The smallest absolute Gasteiger partial charge is 0.188 e. The largest absolute Gasteiger partial charge is 0.384 e. The van der Waals surface area contributed by atoms with E-state index >= 15 is 0 Å². The summed E-state index contributed by atoms with van der Waals surface area (Å²) in [5, 5.41) is 13.7. The zero-order valence-electron chi connectivity index (χ0n) is 12.2. The van der Waals surface area contributed by atoms with Crippen LogP contribution >= 0.6 is 0 Å². The number of rotatable bonds is 4. The zero-order valence-corrected chi connectivity index (χ0v) is 12.2. The first-order chi connectivity index (χ1) is 9.58. The van der Waals surface area contributed by atoms with Crippen LogP contribution in [0.5, 0.6) is 0 Å². The number of guanidine groups is 1. The molecule has 1 fully saturated rings. The maximum Gasteiger partial charge on any atom is 0.188 e. The summed E-state index contributed by atoms with van der Waals surface area (Å²) in [6, 6.07) is 10.0. The number of hydrogen-bond donors (Lipinski definition) is 3. The highest BCUT2D eigenvalue weighted by Gasteiger charge is 2.22. The molecule has 0 spiro atoms. The van der Waals surface area contributed by atoms with Gasteiger partial charge in [0.1, 0.15) is 5.60 Å². The van der Waals surface area contributed by atoms with Gasteiger partial charge >= 0.3 is 0 Å². The van der Waals surface area contributed by atoms with Crippen molar-refractivity contribution in [2.45, 2.75) is 50.7 Å². The van der Waals surface area contributed by atoms with Crippen molar-refractivity contribution >= 4 is 5.96 Å². The van der Waals surface area contributed by atoms with E-state index in [1.807, 2.05) is 30.3 Å². The molecule has 110 valence electrons. The molecule has 0 heterocycles. The lowest BCUT2D eigenvalue weighted by molar-refractivity contribution is 0.0673. The van der Waals surface area contributed by atoms with Gasteiger partial charge in [-0.2, -0.15) is 0 Å². The van der Waals surface area contributed by atoms with Crippen molar-refractivity contribution < 1.29 is 5.11 Å². The van der Waals surface area contributed by atoms with E-state index in [-0.39, 0.29) is 6.54 Å². The summed E-state index contributed by atoms with van der Waals surface area (Å²) < 4.78 is 0. The predicted octanol–water partition coefficient (Wildman–Crippen LogP) is 2.13. The van der Waals surface area contributed by atoms with Crippen LogP contribution in [0.1, 0.15) is 44.6 Å². The molecule has 1 unspecified atom stereocenters. The van der Waals surface area contributed by atoms with Gasteiger partial charge in [-0.25, -0.2) is 0 Å². The van der Waals surface area contributed by atoms with Crippen LogP contribution in [0.2, 0.25) is 0 Å². The summed E-state index contributed by atoms with van der Waals surface area (Å²) in [7, 11) is 0. The number of aliphatic imine (C=N–C) groups is 1. The van der Waals surface area contributed by atoms with Crippen molar-refractivity contribution in [1.82, 2.24) is 5.32 Å². The van der Waals surface area contributed by atoms with Crippen molar-refractivity contribution in [3.05, 3.63) is 35.9 Å². The molecule has 2 rings (SSSR count). The van der Waals surface area contributed by atoms with E-state index in [4.69, 9.17) is 5.73 Å². The molecule has 0 saturated heterocycles. The van der Waals surface area contributed by atoms with E-state index in [0.717, 1.165) is 18.4 Å². The minimum absolute atomic E-state index is 0.266. The average molecular weight is 275 g/mol. The fourth-order valence-corrected chi connectivity index (χ4v) is 2.63. The third-order valence-electron chi connectivity index (χ3n) is 3.91. The third kappa shape index (κ3) is 4.23. The Bertz CT molecular complexity index is 436. The van der Waals surface area contributed by atoms with Gasteiger partial charge in [0.05, 0.1) is 6.54 Å². The standard InChI is InChI=1S/C16H25N3O/c1-16(20,13-8-4-2-5-9-13)12-18-15(17)19-14-10-6-3-7-11-14/h2,4-5,8-9,14,20H,3,6-7,10-12H2,1H3,(H3,17,18,19). The fraction of sp³-hybridized carbons (Fsp3) is 0.562. The molecule has 1 aliphatic carbocycles. The predicted molar refractivity (Wildman–Crippen MR) is 82.5 cm³/mol. The molecule has 4 heteroatoms. The molecule has 0 amide bonds. The lowest BCUT2D eigenvalue weighted by Crippen LogP contribution is -2.42. The maximum atomic E-state index is 10.5. The van der Waals surface area contributed by atoms with Crippen LogP contribution in [0.4, 0.5) is 0 Å². The molecule has 0 bridgehead atoms. The van der Waals surface area contributed by atoms with Gasteiger partial charge in [0.2, 0.25) is 0 Å². The molecule has 1 aromatic carbocycles. The lowest BCUT2D eigenvalue weighted by atomic mass is 9.95. The second kappa shape index (κ2) is 6.75. The molecule has 1 saturated carbocycles. The first-order valence-corrected chi connectivity index (χ1v) is 7.42. The Morgan fingerprint density at radius 2 is 1.95 bits per heavy atom. The minimum Gasteiger partial charge on any atom is -0.384 e. The van der Waals surface area contributed by atoms with Gasteiger partial charge < -0.3 is 16.2 Å². The molecule has 0 aromatic heterocycles. The van der Waals surface area contributed by atoms with Crippen LogP contribution in [0, 0.1) is 0 Å². The third-order valence-corrected chi connectivity index (χ3v) is 3.91. The molecular weight excluding hydrogens is 250 g/mol. The van der Waals surface area contributed by atoms with Gasteiger partial charge in [0, 0.05) is 6.04 Å². The van der Waals surface area contributed by atoms with E-state index in [2.05, 4.69) is 10.3 Å². The second-order valence-electron chi connectivity index (χ2n) is 5.82. The van der Waals surface area contributed by atoms with Crippen LogP contribution in [0.25, 0.3) is 0 Å². The molecule has 0 radical (unpaired) electrons. The number of nitrogens with two attached hydrogens (primary N) is 1. The van der Waals surface area contributed by atoms with E-state index in [1.54, 1.807) is 6.92 Å². The van der Waals surface area contributed by atoms with Crippen molar-refractivity contribution in [2.24, 2.45) is 10.7 Å². The van der Waals surface area contributed by atoms with Gasteiger partial charge in [0.25, 0.3) is 0 Å². The zero-order chi connectivity index (χ0) is 14.4. The number of benzene rings is 1. The van der Waals surface area contributed by atoms with Gasteiger partial charge in [-0.05, 0) is 25.3 Å². The summed E-state index contributed by atoms with van der Waals surface area (Å²) in [5.74, 6) is 0.438. The number of hydrogen-bond acceptors (Lipinski definition) is 2. The molecule has 4 nitrogen and oxygen atoms in total. The Kier molecular flexibility index (Phi) is 5.01. The van der Waals surface area contributed by atoms with Crippen LogP contribution < -0.4 is 11.1 Å². The highest BCUT2D eigenvalue weighted by Crippen LogP contribution is 2.20. The highest BCUT2D eigenvalue weighted by atomic mass is 16.3. The lowest BCUT2D eigenvalue weighted by Gasteiger charge is -2.25. The molecule has 0 aliphatic heterocycles. The van der Waals surface area contributed by atoms with Crippen LogP contribution in [0.15, 0.2) is 35.3 Å². The fourth-order valence-electron chi connectivity index (χ4n) is 2.63. The Hall–Kier alpha value is -1.55. The maximum absolute atomic E-state index is 10.5. The normalized spacial score (nSPS) is 20.4. The molecule has 1 atom stereocenters. The van der Waals surface area contributed by atoms with Gasteiger partial charge in [-0.1, -0.05) is 49.6 Å². The van der Waals surface area contributed by atoms with E-state index in [0.29, 0.717) is 12.0 Å². The van der Waals surface area contributed by atoms with Crippen LogP contribution in [0.3, 0.4) is 0 Å². The average Bonchev–Trinajstić information content (AvgIpc) is 2.47. The molecule has 1 aliphatic rings.